The number of nitrogens with zero attached hydrogens (tertiary/aromatic N) is 4. The monoisotopic (exact) mass is 523 g/mol. The van der Waals surface area contributed by atoms with Gasteiger partial charge in [0.1, 0.15) is 5.52 Å². The van der Waals surface area contributed by atoms with Gasteiger partial charge in [-0.25, -0.2) is 9.97 Å². The Kier molecular flexibility index (Phi) is 6.99. The Hall–Kier alpha value is -2.25. The van der Waals surface area contributed by atoms with Crippen molar-refractivity contribution in [1.82, 2.24) is 19.5 Å². The molecule has 1 fully saturated rings. The minimum atomic E-state index is -1.36. The normalized spacial score (nSPS) is 18.9. The molecule has 0 saturated heterocycles. The first kappa shape index (κ1) is 24.4. The van der Waals surface area contributed by atoms with Gasteiger partial charge in [-0.05, 0) is 70.2 Å². The minimum absolute atomic E-state index is 0.130. The fourth-order valence-electron chi connectivity index (χ4n) is 4.77. The fourth-order valence-corrected chi connectivity index (χ4v) is 7.35. The van der Waals surface area contributed by atoms with Gasteiger partial charge in [-0.3, -0.25) is 4.57 Å². The Labute approximate surface area is 218 Å². The first-order valence-corrected chi connectivity index (χ1v) is 14.2. The molecule has 0 aliphatic heterocycles. The van der Waals surface area contributed by atoms with Crippen LogP contribution in [0.3, 0.4) is 0 Å². The molecule has 4 aromatic rings. The van der Waals surface area contributed by atoms with Crippen molar-refractivity contribution >= 4 is 53.8 Å². The van der Waals surface area contributed by atoms with Crippen LogP contribution in [0.2, 0.25) is 10.6 Å². The van der Waals surface area contributed by atoms with Gasteiger partial charge in [0.2, 0.25) is 10.6 Å². The van der Waals surface area contributed by atoms with Crippen molar-refractivity contribution in [1.29, 1.82) is 0 Å². The van der Waals surface area contributed by atoms with Crippen LogP contribution in [-0.2, 0) is 9.84 Å². The van der Waals surface area contributed by atoms with Gasteiger partial charge in [0.15, 0.2) is 5.65 Å². The van der Waals surface area contributed by atoms with Crippen LogP contribution < -0.4 is 10.4 Å². The Morgan fingerprint density at radius 3 is 2.20 bits per heavy atom. The lowest BCUT2D eigenvalue weighted by Crippen LogP contribution is -2.48. The summed E-state index contributed by atoms with van der Waals surface area (Å²) in [4.78, 5) is 12.8. The van der Waals surface area contributed by atoms with E-state index < -0.39 is 9.04 Å². The molecule has 0 spiro atoms. The third-order valence-electron chi connectivity index (χ3n) is 6.70. The topological polar surface area (TPSA) is 52.8 Å². The molecular weight excluding hydrogens is 495 g/mol. The highest BCUT2D eigenvalue weighted by molar-refractivity contribution is 6.80. The summed E-state index contributed by atoms with van der Waals surface area (Å²) in [6.45, 7) is 6.74. The SMILES string of the molecule is CC(C)(C)c1ccc([Si](OC2CCC(n3c(Cl)nc4cnc(Cl)nc43)CC2)c2ccccc2)cc1. The molecule has 181 valence electrons. The summed E-state index contributed by atoms with van der Waals surface area (Å²) in [5.41, 5.74) is 2.84. The summed E-state index contributed by atoms with van der Waals surface area (Å²) in [6.07, 6.45) is 5.64. The average Bonchev–Trinajstić information content (AvgIpc) is 3.18. The molecule has 1 aliphatic carbocycles. The minimum Gasteiger partial charge on any atom is -0.404 e. The van der Waals surface area contributed by atoms with E-state index in [0.29, 0.717) is 16.4 Å². The second kappa shape index (κ2) is 10.0. The molecule has 1 radical (unpaired) electrons. The molecule has 5 rings (SSSR count). The van der Waals surface area contributed by atoms with E-state index >= 15 is 0 Å². The van der Waals surface area contributed by atoms with Gasteiger partial charge in [-0.1, -0.05) is 75.4 Å². The summed E-state index contributed by atoms with van der Waals surface area (Å²) in [5.74, 6) is 0. The third kappa shape index (κ3) is 5.31. The van der Waals surface area contributed by atoms with Crippen molar-refractivity contribution in [3.63, 3.8) is 0 Å². The van der Waals surface area contributed by atoms with Crippen molar-refractivity contribution in [2.45, 2.75) is 64.0 Å². The summed E-state index contributed by atoms with van der Waals surface area (Å²) in [5, 5.41) is 3.21. The molecular formula is C27H29Cl2N4OSi. The van der Waals surface area contributed by atoms with E-state index in [4.69, 9.17) is 27.6 Å². The van der Waals surface area contributed by atoms with Crippen LogP contribution in [0.4, 0.5) is 0 Å². The third-order valence-corrected chi connectivity index (χ3v) is 9.44. The van der Waals surface area contributed by atoms with Gasteiger partial charge in [0, 0.05) is 12.1 Å². The van der Waals surface area contributed by atoms with Crippen molar-refractivity contribution < 1.29 is 4.43 Å². The number of hydrogen-bond acceptors (Lipinski definition) is 4. The Morgan fingerprint density at radius 2 is 1.54 bits per heavy atom. The second-order valence-electron chi connectivity index (χ2n) is 10.2. The van der Waals surface area contributed by atoms with Crippen molar-refractivity contribution in [2.24, 2.45) is 0 Å². The predicted molar refractivity (Wildman–Crippen MR) is 144 cm³/mol. The molecule has 0 unspecified atom stereocenters. The lowest BCUT2D eigenvalue weighted by atomic mass is 9.87. The van der Waals surface area contributed by atoms with Gasteiger partial charge in [0.05, 0.1) is 6.20 Å². The molecule has 0 bridgehead atoms. The largest absolute Gasteiger partial charge is 0.404 e. The van der Waals surface area contributed by atoms with Crippen molar-refractivity contribution in [3.05, 3.63) is 76.9 Å². The van der Waals surface area contributed by atoms with E-state index in [0.717, 1.165) is 25.7 Å². The van der Waals surface area contributed by atoms with Gasteiger partial charge >= 0.3 is 0 Å². The molecule has 0 N–H and O–H groups in total. The van der Waals surface area contributed by atoms with Crippen LogP contribution in [-0.4, -0.2) is 34.7 Å². The summed E-state index contributed by atoms with van der Waals surface area (Å²) in [6, 6.07) is 19.9. The van der Waals surface area contributed by atoms with Gasteiger partial charge in [-0.15, -0.1) is 0 Å². The van der Waals surface area contributed by atoms with E-state index in [9.17, 15) is 0 Å². The molecule has 1 aliphatic rings. The standard InChI is InChI=1S/C27H29Cl2N4OSi/c1-27(2,3)18-9-15-22(16-10-18)35(21-7-5-4-6-8-21)34-20-13-11-19(12-14-20)33-24-23(31-26(33)29)17-30-25(28)32-24/h4-10,15-17,19-20H,11-14H2,1-3H3. The smallest absolute Gasteiger partial charge is 0.283 e. The fraction of sp³-hybridized carbons (Fsp3) is 0.370. The maximum Gasteiger partial charge on any atom is 0.283 e. The molecule has 2 heterocycles. The van der Waals surface area contributed by atoms with Crippen LogP contribution in [0.15, 0.2) is 60.8 Å². The van der Waals surface area contributed by atoms with Crippen LogP contribution in [0.5, 0.6) is 0 Å². The van der Waals surface area contributed by atoms with Gasteiger partial charge < -0.3 is 4.43 Å². The second-order valence-corrected chi connectivity index (χ2v) is 12.9. The quantitative estimate of drug-likeness (QED) is 0.190. The molecule has 0 atom stereocenters. The number of hydrogen-bond donors (Lipinski definition) is 0. The molecule has 1 saturated carbocycles. The first-order chi connectivity index (χ1) is 16.8. The number of halogens is 2. The molecule has 2 aromatic heterocycles. The lowest BCUT2D eigenvalue weighted by Gasteiger charge is -2.32. The molecule has 35 heavy (non-hydrogen) atoms. The van der Waals surface area contributed by atoms with E-state index in [-0.39, 0.29) is 22.8 Å². The average molecular weight is 525 g/mol. The number of fused-ring (bicyclic) bond motifs is 1. The summed E-state index contributed by atoms with van der Waals surface area (Å²) in [7, 11) is -1.36. The van der Waals surface area contributed by atoms with Crippen molar-refractivity contribution in [3.8, 4) is 0 Å². The maximum absolute atomic E-state index is 6.89. The predicted octanol–water partition coefficient (Wildman–Crippen LogP) is 5.74. The molecule has 8 heteroatoms. The zero-order valence-corrected chi connectivity index (χ0v) is 22.7. The van der Waals surface area contributed by atoms with Crippen LogP contribution in [0, 0.1) is 0 Å². The van der Waals surface area contributed by atoms with Crippen molar-refractivity contribution in [2.75, 3.05) is 0 Å². The Morgan fingerprint density at radius 1 is 0.886 bits per heavy atom. The van der Waals surface area contributed by atoms with Crippen LogP contribution >= 0.6 is 23.2 Å². The zero-order valence-electron chi connectivity index (χ0n) is 20.2. The van der Waals surface area contributed by atoms with E-state index in [1.807, 2.05) is 4.57 Å². The number of imidazole rings is 1. The first-order valence-electron chi connectivity index (χ1n) is 12.1. The van der Waals surface area contributed by atoms with Gasteiger partial charge in [-0.2, -0.15) is 4.98 Å². The number of benzene rings is 2. The summed E-state index contributed by atoms with van der Waals surface area (Å²) < 4.78 is 8.90. The highest BCUT2D eigenvalue weighted by Crippen LogP contribution is 2.35. The lowest BCUT2D eigenvalue weighted by molar-refractivity contribution is 0.138. The molecule has 5 nitrogen and oxygen atoms in total. The molecule has 0 amide bonds. The van der Waals surface area contributed by atoms with Crippen LogP contribution in [0.25, 0.3) is 11.2 Å². The maximum atomic E-state index is 6.89. The highest BCUT2D eigenvalue weighted by Gasteiger charge is 2.30. The molecule has 2 aromatic carbocycles. The number of rotatable bonds is 5. The Bertz CT molecular complexity index is 1300. The zero-order chi connectivity index (χ0) is 24.6. The summed E-state index contributed by atoms with van der Waals surface area (Å²) >= 11 is 12.5. The highest BCUT2D eigenvalue weighted by atomic mass is 35.5. The van der Waals surface area contributed by atoms with E-state index in [1.54, 1.807) is 6.20 Å². The van der Waals surface area contributed by atoms with Gasteiger partial charge in [0.25, 0.3) is 9.04 Å². The van der Waals surface area contributed by atoms with Crippen LogP contribution in [0.1, 0.15) is 58.1 Å². The van der Waals surface area contributed by atoms with E-state index in [2.05, 4.69) is 90.3 Å². The van der Waals surface area contributed by atoms with E-state index in [1.165, 1.54) is 15.9 Å². The Balaban J connectivity index is 1.34. The number of aromatic nitrogens is 4.